The molecule has 0 saturated carbocycles. The van der Waals surface area contributed by atoms with Crippen LogP contribution in [0.25, 0.3) is 17.0 Å². The zero-order valence-corrected chi connectivity index (χ0v) is 17.3. The van der Waals surface area contributed by atoms with Gasteiger partial charge in [0.15, 0.2) is 5.78 Å². The van der Waals surface area contributed by atoms with E-state index in [1.165, 1.54) is 0 Å². The smallest absolute Gasteiger partial charge is 0.185 e. The Morgan fingerprint density at radius 3 is 2.38 bits per heavy atom. The molecule has 2 nitrogen and oxygen atoms in total. The Balaban J connectivity index is 1.73. The maximum Gasteiger partial charge on any atom is 0.185 e. The molecule has 0 aliphatic carbocycles. The van der Waals surface area contributed by atoms with E-state index in [-0.39, 0.29) is 5.78 Å². The second kappa shape index (κ2) is 8.10. The quantitative estimate of drug-likeness (QED) is 0.265. The van der Waals surface area contributed by atoms with Crippen molar-refractivity contribution in [2.24, 2.45) is 0 Å². The van der Waals surface area contributed by atoms with Crippen LogP contribution in [-0.4, -0.2) is 10.4 Å². The van der Waals surface area contributed by atoms with Gasteiger partial charge >= 0.3 is 0 Å². The highest BCUT2D eigenvalue weighted by Crippen LogP contribution is 2.29. The third-order valence-electron chi connectivity index (χ3n) is 5.30. The fourth-order valence-electron chi connectivity index (χ4n) is 3.64. The lowest BCUT2D eigenvalue weighted by atomic mass is 10.1. The van der Waals surface area contributed by atoms with Crippen LogP contribution >= 0.6 is 11.6 Å². The molecule has 0 fully saturated rings. The Morgan fingerprint density at radius 2 is 1.62 bits per heavy atom. The van der Waals surface area contributed by atoms with Crippen LogP contribution in [0.3, 0.4) is 0 Å². The molecule has 1 heterocycles. The molecule has 1 aromatic heterocycles. The van der Waals surface area contributed by atoms with Crippen LogP contribution in [0.4, 0.5) is 0 Å². The minimum atomic E-state index is 0.00679. The van der Waals surface area contributed by atoms with E-state index < -0.39 is 0 Å². The van der Waals surface area contributed by atoms with Crippen molar-refractivity contribution in [1.29, 1.82) is 0 Å². The number of carbonyl (C=O) groups excluding carboxylic acids is 1. The summed E-state index contributed by atoms with van der Waals surface area (Å²) >= 11 is 6.39. The summed E-state index contributed by atoms with van der Waals surface area (Å²) in [6.45, 7) is 4.79. The van der Waals surface area contributed by atoms with E-state index >= 15 is 0 Å². The Morgan fingerprint density at radius 1 is 0.931 bits per heavy atom. The van der Waals surface area contributed by atoms with Gasteiger partial charge < -0.3 is 4.57 Å². The predicted molar refractivity (Wildman–Crippen MR) is 122 cm³/mol. The lowest BCUT2D eigenvalue weighted by Crippen LogP contribution is -2.02. The van der Waals surface area contributed by atoms with Gasteiger partial charge in [-0.3, -0.25) is 4.79 Å². The normalized spacial score (nSPS) is 11.4. The molecule has 0 aliphatic rings. The van der Waals surface area contributed by atoms with Gasteiger partial charge in [-0.05, 0) is 43.7 Å². The first-order valence-corrected chi connectivity index (χ1v) is 10.0. The first-order valence-electron chi connectivity index (χ1n) is 9.65. The Labute approximate surface area is 176 Å². The van der Waals surface area contributed by atoms with Crippen LogP contribution in [0.15, 0.2) is 78.9 Å². The lowest BCUT2D eigenvalue weighted by molar-refractivity contribution is 0.104. The van der Waals surface area contributed by atoms with E-state index in [0.717, 1.165) is 38.3 Å². The number of aryl methyl sites for hydroxylation is 1. The van der Waals surface area contributed by atoms with E-state index in [1.54, 1.807) is 6.08 Å². The SMILES string of the molecule is Cc1ccc(C(=O)/C=C/c2c(C)n(Cc3ccccc3Cl)c3ccccc23)cc1. The number of hydrogen-bond acceptors (Lipinski definition) is 1. The van der Waals surface area contributed by atoms with Gasteiger partial charge in [-0.2, -0.15) is 0 Å². The average Bonchev–Trinajstić information content (AvgIpc) is 2.99. The fourth-order valence-corrected chi connectivity index (χ4v) is 3.84. The zero-order valence-electron chi connectivity index (χ0n) is 16.5. The summed E-state index contributed by atoms with van der Waals surface area (Å²) in [6.07, 6.45) is 3.60. The van der Waals surface area contributed by atoms with Crippen LogP contribution in [0, 0.1) is 13.8 Å². The molecule has 0 aliphatic heterocycles. The molecule has 0 N–H and O–H groups in total. The van der Waals surface area contributed by atoms with Crippen molar-refractivity contribution in [3.8, 4) is 0 Å². The fraction of sp³-hybridized carbons (Fsp3) is 0.115. The molecule has 4 rings (SSSR count). The average molecular weight is 400 g/mol. The number of halogens is 1. The second-order valence-corrected chi connectivity index (χ2v) is 7.66. The second-order valence-electron chi connectivity index (χ2n) is 7.26. The van der Waals surface area contributed by atoms with Crippen LogP contribution in [0.5, 0.6) is 0 Å². The van der Waals surface area contributed by atoms with E-state index in [4.69, 9.17) is 11.6 Å². The summed E-state index contributed by atoms with van der Waals surface area (Å²) < 4.78 is 2.26. The molecule has 4 aromatic rings. The van der Waals surface area contributed by atoms with Gasteiger partial charge in [-0.15, -0.1) is 0 Å². The van der Waals surface area contributed by atoms with Crippen molar-refractivity contribution in [1.82, 2.24) is 4.57 Å². The molecule has 0 saturated heterocycles. The summed E-state index contributed by atoms with van der Waals surface area (Å²) in [4.78, 5) is 12.6. The van der Waals surface area contributed by atoms with Gasteiger partial charge in [0.2, 0.25) is 0 Å². The molecule has 29 heavy (non-hydrogen) atoms. The van der Waals surface area contributed by atoms with Crippen LogP contribution in [0.1, 0.15) is 32.7 Å². The summed E-state index contributed by atoms with van der Waals surface area (Å²) in [5, 5.41) is 1.89. The van der Waals surface area contributed by atoms with Crippen molar-refractivity contribution in [3.63, 3.8) is 0 Å². The number of fused-ring (bicyclic) bond motifs is 1. The maximum absolute atomic E-state index is 12.6. The van der Waals surface area contributed by atoms with Crippen molar-refractivity contribution in [2.45, 2.75) is 20.4 Å². The van der Waals surface area contributed by atoms with E-state index in [9.17, 15) is 4.79 Å². The van der Waals surface area contributed by atoms with E-state index in [1.807, 2.05) is 73.7 Å². The third-order valence-corrected chi connectivity index (χ3v) is 5.67. The first kappa shape index (κ1) is 19.2. The third kappa shape index (κ3) is 3.90. The zero-order chi connectivity index (χ0) is 20.4. The minimum Gasteiger partial charge on any atom is -0.340 e. The number of allylic oxidation sites excluding steroid dienone is 1. The number of hydrogen-bond donors (Lipinski definition) is 0. The topological polar surface area (TPSA) is 22.0 Å². The molecule has 0 radical (unpaired) electrons. The predicted octanol–water partition coefficient (Wildman–Crippen LogP) is 6.86. The van der Waals surface area contributed by atoms with E-state index in [0.29, 0.717) is 12.1 Å². The highest BCUT2D eigenvalue weighted by atomic mass is 35.5. The van der Waals surface area contributed by atoms with E-state index in [2.05, 4.69) is 23.6 Å². The van der Waals surface area contributed by atoms with Crippen molar-refractivity contribution >= 4 is 34.4 Å². The number of nitrogens with zero attached hydrogens (tertiary/aromatic N) is 1. The summed E-state index contributed by atoms with van der Waals surface area (Å²) in [5.41, 5.74) is 6.22. The van der Waals surface area contributed by atoms with Crippen LogP contribution < -0.4 is 0 Å². The van der Waals surface area contributed by atoms with Crippen LogP contribution in [0.2, 0.25) is 5.02 Å². The highest BCUT2D eigenvalue weighted by molar-refractivity contribution is 6.31. The summed E-state index contributed by atoms with van der Waals surface area (Å²) in [5.74, 6) is 0.00679. The number of rotatable bonds is 5. The molecule has 0 bridgehead atoms. The van der Waals surface area contributed by atoms with Crippen LogP contribution in [-0.2, 0) is 6.54 Å². The van der Waals surface area contributed by atoms with Gasteiger partial charge in [0, 0.05) is 39.3 Å². The number of aromatic nitrogens is 1. The molecule has 0 amide bonds. The number of para-hydroxylation sites is 1. The summed E-state index contributed by atoms with van der Waals surface area (Å²) in [6, 6.07) is 23.8. The lowest BCUT2D eigenvalue weighted by Gasteiger charge is -2.10. The van der Waals surface area contributed by atoms with Crippen molar-refractivity contribution in [3.05, 3.63) is 112 Å². The largest absolute Gasteiger partial charge is 0.340 e. The molecular weight excluding hydrogens is 378 g/mol. The molecule has 0 unspecified atom stereocenters. The number of ketones is 1. The van der Waals surface area contributed by atoms with Crippen molar-refractivity contribution < 1.29 is 4.79 Å². The van der Waals surface area contributed by atoms with Gasteiger partial charge in [-0.25, -0.2) is 0 Å². The molecule has 3 aromatic carbocycles. The van der Waals surface area contributed by atoms with Gasteiger partial charge in [0.1, 0.15) is 0 Å². The standard InChI is InChI=1S/C26H22ClNO/c1-18-11-13-20(14-12-18)26(29)16-15-22-19(2)28(25-10-6-4-8-23(22)25)17-21-7-3-5-9-24(21)27/h3-16H,17H2,1-2H3/b16-15+. The van der Waals surface area contributed by atoms with Gasteiger partial charge in [0.25, 0.3) is 0 Å². The maximum atomic E-state index is 12.6. The summed E-state index contributed by atoms with van der Waals surface area (Å²) in [7, 11) is 0. The Bertz CT molecular complexity index is 1220. The Kier molecular flexibility index (Phi) is 5.37. The van der Waals surface area contributed by atoms with Gasteiger partial charge in [0.05, 0.1) is 0 Å². The first-order chi connectivity index (χ1) is 14.0. The molecule has 0 atom stereocenters. The highest BCUT2D eigenvalue weighted by Gasteiger charge is 2.13. The Hall–Kier alpha value is -3.10. The van der Waals surface area contributed by atoms with Crippen molar-refractivity contribution in [2.75, 3.05) is 0 Å². The minimum absolute atomic E-state index is 0.00679. The number of benzene rings is 3. The molecule has 3 heteroatoms. The molecule has 144 valence electrons. The number of carbonyl (C=O) groups is 1. The van der Waals surface area contributed by atoms with Gasteiger partial charge in [-0.1, -0.05) is 77.8 Å². The molecular formula is C26H22ClNO. The monoisotopic (exact) mass is 399 g/mol. The molecule has 0 spiro atoms.